The van der Waals surface area contributed by atoms with Crippen LogP contribution >= 0.6 is 0 Å². The number of hydrogen-bond donors (Lipinski definition) is 3. The third-order valence-corrected chi connectivity index (χ3v) is 1.70. The molecule has 1 rings (SSSR count). The molecule has 0 saturated carbocycles. The quantitative estimate of drug-likeness (QED) is 0.623. The Morgan fingerprint density at radius 2 is 1.93 bits per heavy atom. The second-order valence-electron chi connectivity index (χ2n) is 2.68. The third kappa shape index (κ3) is 3.91. The molecule has 4 heteroatoms. The van der Waals surface area contributed by atoms with Gasteiger partial charge in [-0.1, -0.05) is 6.07 Å². The summed E-state index contributed by atoms with van der Waals surface area (Å²) in [6.45, 7) is 2.87. The van der Waals surface area contributed by atoms with E-state index in [4.69, 9.17) is 15.0 Å². The first kappa shape index (κ1) is 12.4. The van der Waals surface area contributed by atoms with Crippen LogP contribution in [0.5, 0.6) is 11.5 Å². The van der Waals surface area contributed by atoms with Gasteiger partial charge in [-0.15, -0.1) is 0 Å². The van der Waals surface area contributed by atoms with Gasteiger partial charge in [0.25, 0.3) is 0 Å². The summed E-state index contributed by atoms with van der Waals surface area (Å²) in [5.41, 5.74) is 1.01. The van der Waals surface area contributed by atoms with E-state index < -0.39 is 0 Å². The number of nitrogens with one attached hydrogen (secondary N) is 1. The van der Waals surface area contributed by atoms with Gasteiger partial charge in [-0.05, 0) is 37.7 Å². The second kappa shape index (κ2) is 6.91. The minimum Gasteiger partial charge on any atom is -0.504 e. The minimum atomic E-state index is -0.0665. The molecule has 0 spiro atoms. The Labute approximate surface area is 83.2 Å². The highest BCUT2D eigenvalue weighted by Crippen LogP contribution is 2.24. The molecule has 14 heavy (non-hydrogen) atoms. The number of carbonyl (C=O) groups excluding carboxylic acids is 1. The van der Waals surface area contributed by atoms with Crippen molar-refractivity contribution < 1.29 is 15.0 Å². The zero-order chi connectivity index (χ0) is 11.0. The van der Waals surface area contributed by atoms with Gasteiger partial charge < -0.3 is 20.3 Å². The lowest BCUT2D eigenvalue weighted by Gasteiger charge is -2.02. The summed E-state index contributed by atoms with van der Waals surface area (Å²) in [5.74, 6) is -0.119. The number of aromatic hydroxyl groups is 2. The van der Waals surface area contributed by atoms with Gasteiger partial charge in [-0.3, -0.25) is 0 Å². The number of rotatable bonds is 3. The summed E-state index contributed by atoms with van der Waals surface area (Å²) in [4.78, 5) is 8.00. The first-order valence-corrected chi connectivity index (χ1v) is 4.18. The molecule has 0 aliphatic rings. The maximum atomic E-state index is 9.13. The Hall–Kier alpha value is -1.55. The predicted molar refractivity (Wildman–Crippen MR) is 54.5 cm³/mol. The molecule has 0 atom stereocenters. The second-order valence-corrected chi connectivity index (χ2v) is 2.68. The van der Waals surface area contributed by atoms with E-state index in [-0.39, 0.29) is 11.5 Å². The molecule has 3 N–H and O–H groups in total. The van der Waals surface area contributed by atoms with Crippen molar-refractivity contribution in [1.29, 1.82) is 0 Å². The number of benzene rings is 1. The van der Waals surface area contributed by atoms with Gasteiger partial charge in [0, 0.05) is 0 Å². The highest BCUT2D eigenvalue weighted by molar-refractivity contribution is 5.40. The summed E-state index contributed by atoms with van der Waals surface area (Å²) in [5, 5.41) is 21.1. The fourth-order valence-corrected chi connectivity index (χ4v) is 0.994. The predicted octanol–water partition coefficient (Wildman–Crippen LogP) is 0.675. The number of likely N-dealkylation sites (N-methyl/N-ethyl adjacent to an activating group) is 1. The van der Waals surface area contributed by atoms with E-state index in [2.05, 4.69) is 5.32 Å². The van der Waals surface area contributed by atoms with Crippen molar-refractivity contribution in [3.63, 3.8) is 0 Å². The van der Waals surface area contributed by atoms with E-state index in [1.807, 2.05) is 13.8 Å². The van der Waals surface area contributed by atoms with E-state index in [1.54, 1.807) is 12.1 Å². The molecule has 0 aliphatic heterocycles. The van der Waals surface area contributed by atoms with Crippen LogP contribution < -0.4 is 5.32 Å². The van der Waals surface area contributed by atoms with Crippen molar-refractivity contribution in [3.8, 4) is 11.5 Å². The highest BCUT2D eigenvalue weighted by atomic mass is 16.3. The number of hydrogen-bond acceptors (Lipinski definition) is 4. The summed E-state index contributed by atoms with van der Waals surface area (Å²) in [6, 6.07) is 4.87. The lowest BCUT2D eigenvalue weighted by Crippen LogP contribution is -2.09. The SMILES string of the molecule is C=O.CNCCc1ccc(O)c(O)c1. The van der Waals surface area contributed by atoms with Gasteiger partial charge in [0.1, 0.15) is 6.79 Å². The molecule has 0 unspecified atom stereocenters. The van der Waals surface area contributed by atoms with Gasteiger partial charge in [-0.2, -0.15) is 0 Å². The van der Waals surface area contributed by atoms with Crippen LogP contribution in [0.4, 0.5) is 0 Å². The van der Waals surface area contributed by atoms with Crippen LogP contribution in [0.15, 0.2) is 18.2 Å². The molecule has 1 aromatic carbocycles. The summed E-state index contributed by atoms with van der Waals surface area (Å²) in [7, 11) is 1.88. The highest BCUT2D eigenvalue weighted by Gasteiger charge is 1.99. The van der Waals surface area contributed by atoms with Crippen LogP contribution in [0, 0.1) is 0 Å². The van der Waals surface area contributed by atoms with Crippen LogP contribution in [0.25, 0.3) is 0 Å². The number of phenols is 2. The summed E-state index contributed by atoms with van der Waals surface area (Å²) < 4.78 is 0. The Balaban J connectivity index is 0.000000791. The van der Waals surface area contributed by atoms with E-state index in [0.717, 1.165) is 18.5 Å². The Morgan fingerprint density at radius 3 is 2.43 bits per heavy atom. The zero-order valence-electron chi connectivity index (χ0n) is 8.16. The van der Waals surface area contributed by atoms with Crippen LogP contribution in [0.2, 0.25) is 0 Å². The lowest BCUT2D eigenvalue weighted by atomic mass is 10.1. The molecule has 1 aromatic rings. The van der Waals surface area contributed by atoms with Gasteiger partial charge in [0.15, 0.2) is 11.5 Å². The van der Waals surface area contributed by atoms with E-state index in [1.165, 1.54) is 6.07 Å². The Morgan fingerprint density at radius 1 is 1.29 bits per heavy atom. The molecular formula is C10H15NO3. The Bertz CT molecular complexity index is 276. The third-order valence-electron chi connectivity index (χ3n) is 1.70. The van der Waals surface area contributed by atoms with Crippen LogP contribution in [0.1, 0.15) is 5.56 Å². The zero-order valence-corrected chi connectivity index (χ0v) is 8.16. The molecule has 78 valence electrons. The van der Waals surface area contributed by atoms with Crippen LogP contribution in [0.3, 0.4) is 0 Å². The molecule has 0 fully saturated rings. The fraction of sp³-hybridized carbons (Fsp3) is 0.300. The number of carbonyl (C=O) groups is 1. The smallest absolute Gasteiger partial charge is 0.157 e. The van der Waals surface area contributed by atoms with Crippen molar-refractivity contribution in [1.82, 2.24) is 5.32 Å². The van der Waals surface area contributed by atoms with Crippen molar-refractivity contribution >= 4 is 6.79 Å². The molecule has 0 radical (unpaired) electrons. The van der Waals surface area contributed by atoms with Gasteiger partial charge in [-0.25, -0.2) is 0 Å². The van der Waals surface area contributed by atoms with Crippen LogP contribution in [-0.2, 0) is 11.2 Å². The van der Waals surface area contributed by atoms with Crippen molar-refractivity contribution in [2.75, 3.05) is 13.6 Å². The normalized spacial score (nSPS) is 8.93. The van der Waals surface area contributed by atoms with Crippen molar-refractivity contribution in [2.45, 2.75) is 6.42 Å². The molecular weight excluding hydrogens is 182 g/mol. The molecule has 4 nitrogen and oxygen atoms in total. The summed E-state index contributed by atoms with van der Waals surface area (Å²) >= 11 is 0. The van der Waals surface area contributed by atoms with E-state index >= 15 is 0 Å². The van der Waals surface area contributed by atoms with Gasteiger partial charge in [0.05, 0.1) is 0 Å². The van der Waals surface area contributed by atoms with E-state index in [0.29, 0.717) is 0 Å². The maximum absolute atomic E-state index is 9.13. The van der Waals surface area contributed by atoms with Crippen molar-refractivity contribution in [3.05, 3.63) is 23.8 Å². The van der Waals surface area contributed by atoms with Crippen molar-refractivity contribution in [2.24, 2.45) is 0 Å². The molecule has 0 saturated heterocycles. The largest absolute Gasteiger partial charge is 0.504 e. The molecule has 0 aromatic heterocycles. The molecule has 0 bridgehead atoms. The minimum absolute atomic E-state index is 0.0522. The molecule has 0 heterocycles. The van der Waals surface area contributed by atoms with Crippen LogP contribution in [-0.4, -0.2) is 30.6 Å². The Kier molecular flexibility index (Phi) is 6.15. The summed E-state index contributed by atoms with van der Waals surface area (Å²) in [6.07, 6.45) is 0.852. The lowest BCUT2D eigenvalue weighted by molar-refractivity contribution is -0.0979. The van der Waals surface area contributed by atoms with Gasteiger partial charge in [0.2, 0.25) is 0 Å². The molecule has 0 aliphatic carbocycles. The molecule has 0 amide bonds. The topological polar surface area (TPSA) is 69.6 Å². The fourth-order valence-electron chi connectivity index (χ4n) is 0.994. The first-order valence-electron chi connectivity index (χ1n) is 4.18. The van der Waals surface area contributed by atoms with Gasteiger partial charge >= 0.3 is 0 Å². The van der Waals surface area contributed by atoms with E-state index in [9.17, 15) is 0 Å². The maximum Gasteiger partial charge on any atom is 0.157 e. The monoisotopic (exact) mass is 197 g/mol. The average Bonchev–Trinajstić information content (AvgIpc) is 2.23. The first-order chi connectivity index (χ1) is 6.74. The standard InChI is InChI=1S/C9H13NO2.CH2O/c1-10-5-4-7-2-3-8(11)9(12)6-7;1-2/h2-3,6,10-12H,4-5H2,1H3;1H2. The average molecular weight is 197 g/mol. The number of phenolic OH excluding ortho intramolecular Hbond substituents is 2.